The van der Waals surface area contributed by atoms with E-state index in [-0.39, 0.29) is 12.6 Å². The number of rotatable bonds is 5. The Morgan fingerprint density at radius 2 is 1.75 bits per heavy atom. The Kier molecular flexibility index (Phi) is 5.52. The van der Waals surface area contributed by atoms with E-state index in [1.807, 2.05) is 24.3 Å². The number of benzene rings is 1. The minimum atomic E-state index is -0.287. The van der Waals surface area contributed by atoms with Crippen molar-refractivity contribution in [2.75, 3.05) is 46.4 Å². The first kappa shape index (κ1) is 15.0. The van der Waals surface area contributed by atoms with Gasteiger partial charge in [-0.25, -0.2) is 4.79 Å². The Bertz CT molecular complexity index is 425. The molecular weight excluding hydrogens is 256 g/mol. The lowest BCUT2D eigenvalue weighted by atomic mass is 10.1. The zero-order valence-electron chi connectivity index (χ0n) is 12.0. The molecule has 0 spiro atoms. The summed E-state index contributed by atoms with van der Waals surface area (Å²) in [4.78, 5) is 14.4. The number of aliphatic hydroxyl groups is 1. The average molecular weight is 280 g/mol. The van der Waals surface area contributed by atoms with E-state index in [2.05, 4.69) is 0 Å². The second kappa shape index (κ2) is 7.38. The number of carbonyl (C=O) groups is 1. The van der Waals surface area contributed by atoms with Crippen LogP contribution in [0, 0.1) is 0 Å². The molecule has 1 aromatic carbocycles. The van der Waals surface area contributed by atoms with Crippen molar-refractivity contribution < 1.29 is 24.4 Å². The van der Waals surface area contributed by atoms with Gasteiger partial charge in [-0.3, -0.25) is 0 Å². The summed E-state index contributed by atoms with van der Waals surface area (Å²) in [6, 6.07) is 7.67. The van der Waals surface area contributed by atoms with Crippen molar-refractivity contribution in [1.29, 1.82) is 0 Å². The summed E-state index contributed by atoms with van der Waals surface area (Å²) in [5, 5.41) is 8.95. The van der Waals surface area contributed by atoms with Crippen molar-refractivity contribution in [3.8, 4) is 0 Å². The van der Waals surface area contributed by atoms with E-state index in [1.54, 1.807) is 4.90 Å². The van der Waals surface area contributed by atoms with Crippen LogP contribution in [-0.4, -0.2) is 57.5 Å². The standard InChI is InChI=1S/C15H22N2O3/c1-20-15(19)14-4-2-13(3-5-14)12-17-8-6-16(7-9-17)10-11-18/h2-5,18H,6-12H2,1H3/p+2. The SMILES string of the molecule is COC(=O)c1ccc(C[NH+]2CC[NH+](CCO)CC2)cc1. The van der Waals surface area contributed by atoms with Crippen LogP contribution in [0.15, 0.2) is 24.3 Å². The van der Waals surface area contributed by atoms with Crippen LogP contribution in [0.25, 0.3) is 0 Å². The second-order valence-electron chi connectivity index (χ2n) is 5.34. The molecule has 1 aliphatic heterocycles. The van der Waals surface area contributed by atoms with Crippen LogP contribution in [0.3, 0.4) is 0 Å². The molecule has 0 aromatic heterocycles. The number of hydrogen-bond acceptors (Lipinski definition) is 3. The number of nitrogens with one attached hydrogen (secondary N) is 2. The van der Waals surface area contributed by atoms with Gasteiger partial charge in [-0.05, 0) is 12.1 Å². The number of aliphatic hydroxyl groups excluding tert-OH is 1. The highest BCUT2D eigenvalue weighted by Gasteiger charge is 2.22. The van der Waals surface area contributed by atoms with Crippen molar-refractivity contribution in [2.24, 2.45) is 0 Å². The minimum Gasteiger partial charge on any atom is -0.465 e. The quantitative estimate of drug-likeness (QED) is 0.534. The lowest BCUT2D eigenvalue weighted by Crippen LogP contribution is -3.27. The molecule has 0 aliphatic carbocycles. The summed E-state index contributed by atoms with van der Waals surface area (Å²) >= 11 is 0. The predicted molar refractivity (Wildman–Crippen MR) is 74.8 cm³/mol. The first-order chi connectivity index (χ1) is 9.72. The van der Waals surface area contributed by atoms with Gasteiger partial charge in [-0.2, -0.15) is 0 Å². The lowest BCUT2D eigenvalue weighted by molar-refractivity contribution is -1.02. The zero-order chi connectivity index (χ0) is 14.4. The van der Waals surface area contributed by atoms with Crippen LogP contribution in [0.5, 0.6) is 0 Å². The Morgan fingerprint density at radius 3 is 2.30 bits per heavy atom. The highest BCUT2D eigenvalue weighted by Crippen LogP contribution is 2.04. The molecule has 0 atom stereocenters. The lowest BCUT2D eigenvalue weighted by Gasteiger charge is -2.29. The van der Waals surface area contributed by atoms with Gasteiger partial charge in [0.05, 0.1) is 19.3 Å². The Hall–Kier alpha value is -1.43. The van der Waals surface area contributed by atoms with Crippen LogP contribution in [0.2, 0.25) is 0 Å². The molecular formula is C15H24N2O3+2. The van der Waals surface area contributed by atoms with Crippen molar-refractivity contribution in [2.45, 2.75) is 6.54 Å². The molecule has 0 saturated carbocycles. The van der Waals surface area contributed by atoms with Gasteiger partial charge in [0.1, 0.15) is 39.3 Å². The molecule has 0 bridgehead atoms. The molecule has 1 heterocycles. The summed E-state index contributed by atoms with van der Waals surface area (Å²) in [5.74, 6) is -0.287. The molecule has 0 radical (unpaired) electrons. The van der Waals surface area contributed by atoms with E-state index >= 15 is 0 Å². The fourth-order valence-corrected chi connectivity index (χ4v) is 2.71. The van der Waals surface area contributed by atoms with Crippen LogP contribution in [0.4, 0.5) is 0 Å². The summed E-state index contributed by atoms with van der Waals surface area (Å²) in [7, 11) is 1.40. The second-order valence-corrected chi connectivity index (χ2v) is 5.34. The molecule has 3 N–H and O–H groups in total. The maximum Gasteiger partial charge on any atom is 0.337 e. The zero-order valence-corrected chi connectivity index (χ0v) is 12.0. The van der Waals surface area contributed by atoms with Crippen LogP contribution in [-0.2, 0) is 11.3 Å². The van der Waals surface area contributed by atoms with Gasteiger partial charge in [0.25, 0.3) is 0 Å². The normalized spacial score (nSPS) is 22.5. The topological polar surface area (TPSA) is 55.4 Å². The summed E-state index contributed by atoms with van der Waals surface area (Å²) in [6.07, 6.45) is 0. The average Bonchev–Trinajstić information content (AvgIpc) is 2.49. The third kappa shape index (κ3) is 4.03. The highest BCUT2D eigenvalue weighted by molar-refractivity contribution is 5.89. The van der Waals surface area contributed by atoms with E-state index in [0.717, 1.165) is 39.3 Å². The third-order valence-electron chi connectivity index (χ3n) is 3.96. The number of methoxy groups -OCH3 is 1. The van der Waals surface area contributed by atoms with Gasteiger partial charge in [-0.1, -0.05) is 12.1 Å². The smallest absolute Gasteiger partial charge is 0.337 e. The molecule has 1 aliphatic rings. The Morgan fingerprint density at radius 1 is 1.15 bits per heavy atom. The van der Waals surface area contributed by atoms with Gasteiger partial charge >= 0.3 is 5.97 Å². The number of hydrogen-bond donors (Lipinski definition) is 3. The van der Waals surface area contributed by atoms with E-state index < -0.39 is 0 Å². The molecule has 0 amide bonds. The van der Waals surface area contributed by atoms with Crippen molar-refractivity contribution >= 4 is 5.97 Å². The fourth-order valence-electron chi connectivity index (χ4n) is 2.71. The summed E-state index contributed by atoms with van der Waals surface area (Å²) in [6.45, 7) is 6.64. The number of ether oxygens (including phenoxy) is 1. The van der Waals surface area contributed by atoms with Crippen LogP contribution in [0.1, 0.15) is 15.9 Å². The molecule has 20 heavy (non-hydrogen) atoms. The molecule has 2 rings (SSSR count). The molecule has 110 valence electrons. The Labute approximate surface area is 119 Å². The van der Waals surface area contributed by atoms with Crippen LogP contribution >= 0.6 is 0 Å². The molecule has 1 saturated heterocycles. The van der Waals surface area contributed by atoms with Crippen LogP contribution < -0.4 is 9.80 Å². The van der Waals surface area contributed by atoms with Gasteiger partial charge < -0.3 is 19.6 Å². The van der Waals surface area contributed by atoms with Gasteiger partial charge in [0.2, 0.25) is 0 Å². The summed E-state index contributed by atoms with van der Waals surface area (Å²) in [5.41, 5.74) is 1.85. The van der Waals surface area contributed by atoms with Gasteiger partial charge in [-0.15, -0.1) is 0 Å². The molecule has 1 fully saturated rings. The van der Waals surface area contributed by atoms with E-state index in [0.29, 0.717) is 5.56 Å². The molecule has 5 heteroatoms. The van der Waals surface area contributed by atoms with Gasteiger partial charge in [0, 0.05) is 5.56 Å². The fraction of sp³-hybridized carbons (Fsp3) is 0.533. The van der Waals surface area contributed by atoms with E-state index in [4.69, 9.17) is 9.84 Å². The third-order valence-corrected chi connectivity index (χ3v) is 3.96. The first-order valence-electron chi connectivity index (χ1n) is 7.18. The monoisotopic (exact) mass is 280 g/mol. The first-order valence-corrected chi connectivity index (χ1v) is 7.18. The molecule has 5 nitrogen and oxygen atoms in total. The number of quaternary nitrogens is 2. The van der Waals surface area contributed by atoms with E-state index in [1.165, 1.54) is 17.6 Å². The molecule has 0 unspecified atom stereocenters. The number of carbonyl (C=O) groups excluding carboxylic acids is 1. The van der Waals surface area contributed by atoms with Crippen molar-refractivity contribution in [3.05, 3.63) is 35.4 Å². The Balaban J connectivity index is 1.84. The van der Waals surface area contributed by atoms with Crippen molar-refractivity contribution in [1.82, 2.24) is 0 Å². The highest BCUT2D eigenvalue weighted by atomic mass is 16.5. The summed E-state index contributed by atoms with van der Waals surface area (Å²) < 4.78 is 4.69. The van der Waals surface area contributed by atoms with Gasteiger partial charge in [0.15, 0.2) is 0 Å². The van der Waals surface area contributed by atoms with Crippen molar-refractivity contribution in [3.63, 3.8) is 0 Å². The minimum absolute atomic E-state index is 0.277. The maximum atomic E-state index is 11.4. The number of esters is 1. The number of piperazine rings is 1. The van der Waals surface area contributed by atoms with E-state index in [9.17, 15) is 4.79 Å². The molecule has 1 aromatic rings. The largest absolute Gasteiger partial charge is 0.465 e. The predicted octanol–water partition coefficient (Wildman–Crippen LogP) is -2.25. The maximum absolute atomic E-state index is 11.4.